The standard InChI is InChI=1S/C9H13N3O4S/c10-5-6-11-17(15,16)7-8-3-1-2-4-9(8)12(13)14/h1-4,11H,5-7,10H2. The van der Waals surface area contributed by atoms with Crippen molar-refractivity contribution in [3.8, 4) is 0 Å². The Bertz CT molecular complexity index is 501. The predicted octanol–water partition coefficient (Wildman–Crippen LogP) is -0.0271. The van der Waals surface area contributed by atoms with Gasteiger partial charge in [-0.2, -0.15) is 0 Å². The van der Waals surface area contributed by atoms with E-state index < -0.39 is 20.7 Å². The van der Waals surface area contributed by atoms with Gasteiger partial charge in [0.2, 0.25) is 10.0 Å². The molecule has 0 unspecified atom stereocenters. The Hall–Kier alpha value is -1.51. The molecule has 0 fully saturated rings. The molecule has 1 aromatic carbocycles. The minimum atomic E-state index is -3.59. The minimum Gasteiger partial charge on any atom is -0.329 e. The van der Waals surface area contributed by atoms with Crippen molar-refractivity contribution in [2.45, 2.75) is 5.75 Å². The zero-order chi connectivity index (χ0) is 12.9. The Balaban J connectivity index is 2.92. The number of hydrogen-bond acceptors (Lipinski definition) is 5. The van der Waals surface area contributed by atoms with Gasteiger partial charge in [0.25, 0.3) is 5.69 Å². The summed E-state index contributed by atoms with van der Waals surface area (Å²) in [5.74, 6) is -0.426. The Morgan fingerprint density at radius 1 is 1.35 bits per heavy atom. The van der Waals surface area contributed by atoms with Crippen molar-refractivity contribution in [3.63, 3.8) is 0 Å². The molecule has 0 saturated heterocycles. The van der Waals surface area contributed by atoms with Crippen LogP contribution in [-0.2, 0) is 15.8 Å². The molecule has 0 aromatic heterocycles. The predicted molar refractivity (Wildman–Crippen MR) is 62.8 cm³/mol. The van der Waals surface area contributed by atoms with Gasteiger partial charge in [0, 0.05) is 24.7 Å². The maximum atomic E-state index is 11.5. The number of nitrogens with two attached hydrogens (primary N) is 1. The van der Waals surface area contributed by atoms with Crippen molar-refractivity contribution in [2.75, 3.05) is 13.1 Å². The van der Waals surface area contributed by atoms with Crippen molar-refractivity contribution >= 4 is 15.7 Å². The monoisotopic (exact) mass is 259 g/mol. The first-order valence-corrected chi connectivity index (χ1v) is 6.51. The molecule has 0 spiro atoms. The van der Waals surface area contributed by atoms with Crippen LogP contribution in [0.25, 0.3) is 0 Å². The second-order valence-corrected chi connectivity index (χ2v) is 5.13. The topological polar surface area (TPSA) is 115 Å². The number of nitro benzene ring substituents is 1. The molecule has 8 heteroatoms. The molecule has 1 aromatic rings. The van der Waals surface area contributed by atoms with Crippen LogP contribution in [0.4, 0.5) is 5.69 Å². The molecule has 3 N–H and O–H groups in total. The molecular weight excluding hydrogens is 246 g/mol. The third-order valence-electron chi connectivity index (χ3n) is 2.00. The van der Waals surface area contributed by atoms with E-state index in [0.29, 0.717) is 0 Å². The second kappa shape index (κ2) is 5.71. The molecule has 0 aliphatic rings. The molecule has 0 bridgehead atoms. The number of nitrogens with zero attached hydrogens (tertiary/aromatic N) is 1. The summed E-state index contributed by atoms with van der Waals surface area (Å²) in [5.41, 5.74) is 5.12. The average molecular weight is 259 g/mol. The highest BCUT2D eigenvalue weighted by Gasteiger charge is 2.18. The number of nitro groups is 1. The molecule has 0 saturated carbocycles. The molecule has 0 aliphatic heterocycles. The first-order valence-electron chi connectivity index (χ1n) is 4.86. The zero-order valence-electron chi connectivity index (χ0n) is 9.00. The molecule has 0 aliphatic carbocycles. The molecule has 0 heterocycles. The number of rotatable bonds is 6. The van der Waals surface area contributed by atoms with Crippen LogP contribution in [0.2, 0.25) is 0 Å². The van der Waals surface area contributed by atoms with Crippen LogP contribution in [0, 0.1) is 10.1 Å². The SMILES string of the molecule is NCCNS(=O)(=O)Cc1ccccc1[N+](=O)[O-]. The van der Waals surface area contributed by atoms with E-state index in [1.54, 1.807) is 6.07 Å². The summed E-state index contributed by atoms with van der Waals surface area (Å²) >= 11 is 0. The largest absolute Gasteiger partial charge is 0.329 e. The fourth-order valence-corrected chi connectivity index (χ4v) is 2.47. The summed E-state index contributed by atoms with van der Waals surface area (Å²) in [6, 6.07) is 5.73. The van der Waals surface area contributed by atoms with Crippen molar-refractivity contribution in [1.82, 2.24) is 4.72 Å². The van der Waals surface area contributed by atoms with E-state index in [1.807, 2.05) is 0 Å². The van der Waals surface area contributed by atoms with Crippen LogP contribution in [0.1, 0.15) is 5.56 Å². The van der Waals surface area contributed by atoms with Gasteiger partial charge in [-0.05, 0) is 0 Å². The van der Waals surface area contributed by atoms with Crippen LogP contribution >= 0.6 is 0 Å². The van der Waals surface area contributed by atoms with Crippen molar-refractivity contribution in [2.24, 2.45) is 5.73 Å². The van der Waals surface area contributed by atoms with Gasteiger partial charge >= 0.3 is 0 Å². The van der Waals surface area contributed by atoms with E-state index >= 15 is 0 Å². The van der Waals surface area contributed by atoms with Gasteiger partial charge in [-0.15, -0.1) is 0 Å². The van der Waals surface area contributed by atoms with E-state index in [9.17, 15) is 18.5 Å². The Morgan fingerprint density at radius 3 is 2.59 bits per heavy atom. The van der Waals surface area contributed by atoms with Gasteiger partial charge < -0.3 is 5.73 Å². The highest BCUT2D eigenvalue weighted by Crippen LogP contribution is 2.19. The molecule has 1 rings (SSSR count). The number of benzene rings is 1. The molecule has 0 atom stereocenters. The van der Waals surface area contributed by atoms with Crippen LogP contribution in [-0.4, -0.2) is 26.4 Å². The van der Waals surface area contributed by atoms with Crippen molar-refractivity contribution < 1.29 is 13.3 Å². The third-order valence-corrected chi connectivity index (χ3v) is 3.34. The maximum absolute atomic E-state index is 11.5. The Labute approximate surface area is 98.8 Å². The first kappa shape index (κ1) is 13.6. The summed E-state index contributed by atoms with van der Waals surface area (Å²) in [5, 5.41) is 10.7. The van der Waals surface area contributed by atoms with Crippen LogP contribution in [0.3, 0.4) is 0 Å². The lowest BCUT2D eigenvalue weighted by molar-refractivity contribution is -0.385. The summed E-state index contributed by atoms with van der Waals surface area (Å²) < 4.78 is 25.3. The van der Waals surface area contributed by atoms with Gasteiger partial charge in [-0.25, -0.2) is 13.1 Å². The van der Waals surface area contributed by atoms with Crippen LogP contribution in [0.15, 0.2) is 24.3 Å². The lowest BCUT2D eigenvalue weighted by Crippen LogP contribution is -2.30. The van der Waals surface area contributed by atoms with Crippen molar-refractivity contribution in [3.05, 3.63) is 39.9 Å². The quantitative estimate of drug-likeness (QED) is 0.550. The number of nitrogens with one attached hydrogen (secondary N) is 1. The summed E-state index contributed by atoms with van der Waals surface area (Å²) in [7, 11) is -3.59. The van der Waals surface area contributed by atoms with Gasteiger partial charge in [0.1, 0.15) is 0 Å². The first-order chi connectivity index (χ1) is 7.96. The van der Waals surface area contributed by atoms with E-state index in [0.717, 1.165) is 0 Å². The fraction of sp³-hybridized carbons (Fsp3) is 0.333. The van der Waals surface area contributed by atoms with E-state index in [-0.39, 0.29) is 24.3 Å². The number of para-hydroxylation sites is 1. The second-order valence-electron chi connectivity index (χ2n) is 3.33. The molecule has 94 valence electrons. The molecule has 7 nitrogen and oxygen atoms in total. The van der Waals surface area contributed by atoms with Gasteiger partial charge in [0.05, 0.1) is 10.7 Å². The molecule has 0 radical (unpaired) electrons. The smallest absolute Gasteiger partial charge is 0.273 e. The number of sulfonamides is 1. The molecule has 0 amide bonds. The van der Waals surface area contributed by atoms with Crippen LogP contribution in [0.5, 0.6) is 0 Å². The number of hydrogen-bond donors (Lipinski definition) is 2. The Kier molecular flexibility index (Phi) is 4.55. The van der Waals surface area contributed by atoms with E-state index in [2.05, 4.69) is 4.72 Å². The van der Waals surface area contributed by atoms with Gasteiger partial charge in [-0.3, -0.25) is 10.1 Å². The average Bonchev–Trinajstić information content (AvgIpc) is 2.26. The fourth-order valence-electron chi connectivity index (χ4n) is 1.28. The van der Waals surface area contributed by atoms with Gasteiger partial charge in [0.15, 0.2) is 0 Å². The maximum Gasteiger partial charge on any atom is 0.273 e. The zero-order valence-corrected chi connectivity index (χ0v) is 9.81. The highest BCUT2D eigenvalue weighted by molar-refractivity contribution is 7.88. The minimum absolute atomic E-state index is 0.114. The summed E-state index contributed by atoms with van der Waals surface area (Å²) in [6.07, 6.45) is 0. The van der Waals surface area contributed by atoms with Gasteiger partial charge in [-0.1, -0.05) is 18.2 Å². The molecule has 17 heavy (non-hydrogen) atoms. The Morgan fingerprint density at radius 2 is 2.00 bits per heavy atom. The van der Waals surface area contributed by atoms with E-state index in [4.69, 9.17) is 5.73 Å². The lowest BCUT2D eigenvalue weighted by Gasteiger charge is -2.05. The third kappa shape index (κ3) is 4.10. The van der Waals surface area contributed by atoms with Crippen molar-refractivity contribution in [1.29, 1.82) is 0 Å². The molecular formula is C9H13N3O4S. The van der Waals surface area contributed by atoms with E-state index in [1.165, 1.54) is 18.2 Å². The van der Waals surface area contributed by atoms with Crippen LogP contribution < -0.4 is 10.5 Å². The normalized spacial score (nSPS) is 11.4. The highest BCUT2D eigenvalue weighted by atomic mass is 32.2. The lowest BCUT2D eigenvalue weighted by atomic mass is 10.2. The summed E-state index contributed by atoms with van der Waals surface area (Å²) in [4.78, 5) is 10.1. The summed E-state index contributed by atoms with van der Waals surface area (Å²) in [6.45, 7) is 0.291.